The molecule has 0 saturated carbocycles. The monoisotopic (exact) mass is 328 g/mol. The van der Waals surface area contributed by atoms with E-state index in [1.165, 1.54) is 6.07 Å². The summed E-state index contributed by atoms with van der Waals surface area (Å²) in [6.07, 6.45) is -3.95. The van der Waals surface area contributed by atoms with Crippen LogP contribution in [-0.2, 0) is 6.42 Å². The van der Waals surface area contributed by atoms with E-state index in [1.807, 2.05) is 22.6 Å². The van der Waals surface area contributed by atoms with Crippen LogP contribution in [-0.4, -0.2) is 11.3 Å². The van der Waals surface area contributed by atoms with Gasteiger partial charge in [-0.25, -0.2) is 4.98 Å². The topological polar surface area (TPSA) is 45.9 Å². The Morgan fingerprint density at radius 2 is 2.20 bits per heavy atom. The van der Waals surface area contributed by atoms with Crippen molar-refractivity contribution in [1.82, 2.24) is 4.98 Å². The van der Waals surface area contributed by atoms with Gasteiger partial charge in [0.15, 0.2) is 5.75 Å². The Hall–Kier alpha value is -1.04. The molecule has 1 rings (SSSR count). The largest absolute Gasteiger partial charge is 0.573 e. The minimum absolute atomic E-state index is 0.149. The molecule has 1 aromatic rings. The average molecular weight is 328 g/mol. The highest BCUT2D eigenvalue weighted by atomic mass is 127. The number of hydrogen-bond donors (Lipinski definition) is 0. The first-order valence-electron chi connectivity index (χ1n) is 3.69. The summed E-state index contributed by atoms with van der Waals surface area (Å²) in [5, 5.41) is 8.42. The highest BCUT2D eigenvalue weighted by molar-refractivity contribution is 14.1. The fourth-order valence-corrected chi connectivity index (χ4v) is 1.41. The Balaban J connectivity index is 3.02. The molecule has 0 aliphatic carbocycles. The number of rotatable bonds is 2. The maximum atomic E-state index is 11.9. The van der Waals surface area contributed by atoms with Gasteiger partial charge in [-0.05, 0) is 28.7 Å². The van der Waals surface area contributed by atoms with Crippen LogP contribution >= 0.6 is 22.6 Å². The Bertz CT molecular complexity index is 400. The van der Waals surface area contributed by atoms with Gasteiger partial charge >= 0.3 is 6.36 Å². The van der Waals surface area contributed by atoms with Gasteiger partial charge in [0, 0.05) is 5.56 Å². The molecule has 1 heterocycles. The van der Waals surface area contributed by atoms with E-state index in [0.717, 1.165) is 6.20 Å². The van der Waals surface area contributed by atoms with Gasteiger partial charge in [-0.1, -0.05) is 0 Å². The number of pyridine rings is 1. The first-order valence-corrected chi connectivity index (χ1v) is 4.77. The number of alkyl halides is 3. The van der Waals surface area contributed by atoms with Crippen molar-refractivity contribution < 1.29 is 17.9 Å². The second-order valence-electron chi connectivity index (χ2n) is 2.50. The Morgan fingerprint density at radius 1 is 1.53 bits per heavy atom. The van der Waals surface area contributed by atoms with Crippen molar-refractivity contribution in [3.63, 3.8) is 0 Å². The summed E-state index contributed by atoms with van der Waals surface area (Å²) in [7, 11) is 0. The summed E-state index contributed by atoms with van der Waals surface area (Å²) >= 11 is 1.84. The van der Waals surface area contributed by atoms with Crippen LogP contribution < -0.4 is 4.74 Å². The van der Waals surface area contributed by atoms with Gasteiger partial charge in [0.25, 0.3) is 0 Å². The van der Waals surface area contributed by atoms with Crippen LogP contribution in [0.3, 0.4) is 0 Å². The second kappa shape index (κ2) is 4.65. The van der Waals surface area contributed by atoms with Crippen molar-refractivity contribution in [3.8, 4) is 11.8 Å². The zero-order valence-electron chi connectivity index (χ0n) is 7.18. The van der Waals surface area contributed by atoms with E-state index in [9.17, 15) is 13.2 Å². The van der Waals surface area contributed by atoms with Crippen molar-refractivity contribution in [2.45, 2.75) is 12.8 Å². The van der Waals surface area contributed by atoms with Crippen molar-refractivity contribution in [2.24, 2.45) is 0 Å². The van der Waals surface area contributed by atoms with Gasteiger partial charge in [-0.3, -0.25) is 0 Å². The molecule has 1 aromatic heterocycles. The van der Waals surface area contributed by atoms with Crippen LogP contribution in [0.4, 0.5) is 13.2 Å². The fourth-order valence-electron chi connectivity index (χ4n) is 0.895. The molecule has 0 amide bonds. The molecule has 7 heteroatoms. The first kappa shape index (κ1) is 12.0. The van der Waals surface area contributed by atoms with E-state index in [-0.39, 0.29) is 12.0 Å². The Labute approximate surface area is 97.0 Å². The number of aromatic nitrogens is 1. The zero-order valence-corrected chi connectivity index (χ0v) is 9.33. The van der Waals surface area contributed by atoms with Crippen LogP contribution in [0.25, 0.3) is 0 Å². The molecule has 0 aliphatic rings. The van der Waals surface area contributed by atoms with E-state index in [0.29, 0.717) is 3.70 Å². The van der Waals surface area contributed by atoms with E-state index in [4.69, 9.17) is 5.26 Å². The summed E-state index contributed by atoms with van der Waals surface area (Å²) in [6.45, 7) is 0. The molecule has 0 spiro atoms. The third kappa shape index (κ3) is 3.91. The predicted octanol–water partition coefficient (Wildman–Crippen LogP) is 2.65. The molecular weight excluding hydrogens is 324 g/mol. The van der Waals surface area contributed by atoms with Crippen LogP contribution in [0.1, 0.15) is 5.56 Å². The lowest BCUT2D eigenvalue weighted by Gasteiger charge is -2.11. The first-order chi connectivity index (χ1) is 6.92. The summed E-state index contributed by atoms with van der Waals surface area (Å²) < 4.78 is 40.0. The molecule has 0 radical (unpaired) electrons. The van der Waals surface area contributed by atoms with Gasteiger partial charge in [-0.15, -0.1) is 13.2 Å². The quantitative estimate of drug-likeness (QED) is 0.619. The zero-order chi connectivity index (χ0) is 11.5. The van der Waals surface area contributed by atoms with Gasteiger partial charge in [-0.2, -0.15) is 5.26 Å². The molecule has 0 bridgehead atoms. The molecule has 15 heavy (non-hydrogen) atoms. The van der Waals surface area contributed by atoms with E-state index < -0.39 is 12.1 Å². The van der Waals surface area contributed by atoms with Crippen molar-refractivity contribution >= 4 is 22.6 Å². The van der Waals surface area contributed by atoms with Gasteiger partial charge in [0.1, 0.15) is 3.70 Å². The number of halogens is 4. The molecule has 0 fully saturated rings. The third-order valence-corrected chi connectivity index (χ3v) is 2.00. The van der Waals surface area contributed by atoms with Crippen LogP contribution in [0.15, 0.2) is 12.3 Å². The summed E-state index contributed by atoms with van der Waals surface area (Å²) in [6, 6.07) is 3.14. The number of ether oxygens (including phenoxy) is 1. The molecule has 0 aromatic carbocycles. The van der Waals surface area contributed by atoms with Gasteiger partial charge in [0.05, 0.1) is 18.7 Å². The summed E-state index contributed by atoms with van der Waals surface area (Å²) in [5.41, 5.74) is 0.175. The fraction of sp³-hybridized carbons (Fsp3) is 0.250. The van der Waals surface area contributed by atoms with Crippen molar-refractivity contribution in [3.05, 3.63) is 21.5 Å². The molecule has 0 saturated heterocycles. The molecule has 0 N–H and O–H groups in total. The molecule has 0 aliphatic heterocycles. The standard InChI is InChI=1S/C8H4F3IN2O/c9-8(10,11)15-6-4-14-7(12)3-5(6)1-2-13/h3-4H,1H2. The van der Waals surface area contributed by atoms with E-state index in [2.05, 4.69) is 9.72 Å². The minimum Gasteiger partial charge on any atom is -0.404 e. The number of nitrogens with zero attached hydrogens (tertiary/aromatic N) is 2. The van der Waals surface area contributed by atoms with Crippen molar-refractivity contribution in [2.75, 3.05) is 0 Å². The normalized spacial score (nSPS) is 10.9. The van der Waals surface area contributed by atoms with Gasteiger partial charge in [0.2, 0.25) is 0 Å². The summed E-state index contributed by atoms with van der Waals surface area (Å²) in [4.78, 5) is 3.66. The third-order valence-electron chi connectivity index (χ3n) is 1.41. The molecule has 80 valence electrons. The van der Waals surface area contributed by atoms with Crippen LogP contribution in [0.5, 0.6) is 5.75 Å². The van der Waals surface area contributed by atoms with E-state index >= 15 is 0 Å². The van der Waals surface area contributed by atoms with Crippen molar-refractivity contribution in [1.29, 1.82) is 5.26 Å². The minimum atomic E-state index is -4.77. The highest BCUT2D eigenvalue weighted by Gasteiger charge is 2.32. The van der Waals surface area contributed by atoms with Crippen LogP contribution in [0, 0.1) is 15.0 Å². The Morgan fingerprint density at radius 3 is 2.73 bits per heavy atom. The highest BCUT2D eigenvalue weighted by Crippen LogP contribution is 2.26. The van der Waals surface area contributed by atoms with E-state index in [1.54, 1.807) is 6.07 Å². The molecule has 0 atom stereocenters. The average Bonchev–Trinajstić information content (AvgIpc) is 2.08. The van der Waals surface area contributed by atoms with Gasteiger partial charge < -0.3 is 4.74 Å². The molecular formula is C8H4F3IN2O. The molecule has 0 unspecified atom stereocenters. The number of hydrogen-bond acceptors (Lipinski definition) is 3. The number of nitriles is 1. The lowest BCUT2D eigenvalue weighted by molar-refractivity contribution is -0.275. The maximum absolute atomic E-state index is 11.9. The predicted molar refractivity (Wildman–Crippen MR) is 53.0 cm³/mol. The lowest BCUT2D eigenvalue weighted by Crippen LogP contribution is -2.18. The smallest absolute Gasteiger partial charge is 0.404 e. The SMILES string of the molecule is N#CCc1cc(I)ncc1OC(F)(F)F. The second-order valence-corrected chi connectivity index (χ2v) is 3.60. The summed E-state index contributed by atoms with van der Waals surface area (Å²) in [5.74, 6) is -0.426. The molecule has 3 nitrogen and oxygen atoms in total. The van der Waals surface area contributed by atoms with Crippen LogP contribution in [0.2, 0.25) is 0 Å². The Kier molecular flexibility index (Phi) is 3.73. The lowest BCUT2D eigenvalue weighted by atomic mass is 10.2. The maximum Gasteiger partial charge on any atom is 0.573 e.